The molecule has 1 heterocycles. The molecular formula is C27H32N2O5S. The first kappa shape index (κ1) is 26.4. The summed E-state index contributed by atoms with van der Waals surface area (Å²) in [6, 6.07) is 15.3. The zero-order valence-electron chi connectivity index (χ0n) is 20.5. The van der Waals surface area contributed by atoms with Gasteiger partial charge in [0, 0.05) is 24.1 Å². The third-order valence-corrected chi connectivity index (χ3v) is 6.39. The zero-order chi connectivity index (χ0) is 25.4. The van der Waals surface area contributed by atoms with Crippen molar-refractivity contribution in [3.05, 3.63) is 70.2 Å². The van der Waals surface area contributed by atoms with Crippen LogP contribution in [0.5, 0.6) is 5.75 Å². The summed E-state index contributed by atoms with van der Waals surface area (Å²) in [6.07, 6.45) is -0.0858. The van der Waals surface area contributed by atoms with Gasteiger partial charge in [0.15, 0.2) is 6.10 Å². The summed E-state index contributed by atoms with van der Waals surface area (Å²) in [5, 5.41) is 13.3. The smallest absolute Gasteiger partial charge is 0.333 e. The number of nitrogens with zero attached hydrogens (tertiary/aromatic N) is 1. The number of benzene rings is 2. The van der Waals surface area contributed by atoms with Crippen molar-refractivity contribution in [3.63, 3.8) is 0 Å². The van der Waals surface area contributed by atoms with Gasteiger partial charge in [0.2, 0.25) is 0 Å². The maximum Gasteiger partial charge on any atom is 0.333 e. The molecule has 0 saturated heterocycles. The average molecular weight is 497 g/mol. The molecule has 0 aliphatic carbocycles. The molecule has 1 aromatic heterocycles. The Labute approximate surface area is 210 Å². The minimum Gasteiger partial charge on any atom is -0.493 e. The Hall–Kier alpha value is -3.23. The molecule has 0 radical (unpaired) electrons. The van der Waals surface area contributed by atoms with Crippen LogP contribution in [0, 0.1) is 6.92 Å². The average Bonchev–Trinajstić information content (AvgIpc) is 3.23. The number of amides is 1. The molecule has 8 heteroatoms. The van der Waals surface area contributed by atoms with E-state index in [2.05, 4.69) is 10.3 Å². The predicted molar refractivity (Wildman–Crippen MR) is 137 cm³/mol. The number of hydrogen-bond acceptors (Lipinski definition) is 6. The summed E-state index contributed by atoms with van der Waals surface area (Å²) in [4.78, 5) is 29.8. The van der Waals surface area contributed by atoms with Crippen LogP contribution in [-0.4, -0.2) is 40.8 Å². The number of ether oxygens (including phenoxy) is 2. The lowest BCUT2D eigenvalue weighted by Gasteiger charge is -2.18. The molecule has 35 heavy (non-hydrogen) atoms. The molecule has 1 amide bonds. The Morgan fingerprint density at radius 2 is 1.89 bits per heavy atom. The molecule has 2 N–H and O–H groups in total. The van der Waals surface area contributed by atoms with Crippen LogP contribution in [0.4, 0.5) is 0 Å². The standard InChI is InChI=1S/C27H32N2O5S/c1-5-13-33-22-12-11-19(15-23(27(31)32)34-17(2)3)14-21(22)16-28-25(30)24-18(4)29-26(35-24)20-9-7-6-8-10-20/h6-12,14,17,23H,5,13,15-16H2,1-4H3,(H,28,30)(H,31,32). The number of aryl methyl sites for hydroxylation is 1. The number of thiazole rings is 1. The number of carboxylic acids is 1. The van der Waals surface area contributed by atoms with Crippen molar-refractivity contribution < 1.29 is 24.2 Å². The van der Waals surface area contributed by atoms with Gasteiger partial charge in [-0.25, -0.2) is 9.78 Å². The van der Waals surface area contributed by atoms with Gasteiger partial charge in [0.05, 0.1) is 18.4 Å². The third kappa shape index (κ3) is 7.37. The number of nitrogens with one attached hydrogen (secondary N) is 1. The van der Waals surface area contributed by atoms with E-state index < -0.39 is 12.1 Å². The molecule has 0 spiro atoms. The Morgan fingerprint density at radius 1 is 1.14 bits per heavy atom. The molecule has 1 unspecified atom stereocenters. The molecule has 3 aromatic rings. The summed E-state index contributed by atoms with van der Waals surface area (Å²) < 4.78 is 11.4. The van der Waals surface area contributed by atoms with Crippen molar-refractivity contribution in [2.45, 2.75) is 59.3 Å². The van der Waals surface area contributed by atoms with E-state index in [9.17, 15) is 14.7 Å². The molecule has 0 saturated carbocycles. The maximum absolute atomic E-state index is 13.0. The maximum atomic E-state index is 13.0. The fraction of sp³-hybridized carbons (Fsp3) is 0.370. The Kier molecular flexibility index (Phi) is 9.39. The zero-order valence-corrected chi connectivity index (χ0v) is 21.4. The Balaban J connectivity index is 1.77. The second kappa shape index (κ2) is 12.5. The minimum atomic E-state index is -1.00. The highest BCUT2D eigenvalue weighted by atomic mass is 32.1. The second-order valence-electron chi connectivity index (χ2n) is 8.49. The fourth-order valence-electron chi connectivity index (χ4n) is 3.55. The van der Waals surface area contributed by atoms with Crippen LogP contribution in [0.2, 0.25) is 0 Å². The van der Waals surface area contributed by atoms with Gasteiger partial charge >= 0.3 is 5.97 Å². The molecule has 3 rings (SSSR count). The van der Waals surface area contributed by atoms with Crippen molar-refractivity contribution in [3.8, 4) is 16.3 Å². The Morgan fingerprint density at radius 3 is 2.54 bits per heavy atom. The number of carboxylic acid groups (broad SMARTS) is 1. The van der Waals surface area contributed by atoms with Crippen molar-refractivity contribution in [2.75, 3.05) is 6.61 Å². The first-order chi connectivity index (χ1) is 16.8. The van der Waals surface area contributed by atoms with Crippen LogP contribution in [0.3, 0.4) is 0 Å². The normalized spacial score (nSPS) is 11.9. The van der Waals surface area contributed by atoms with E-state index in [0.29, 0.717) is 22.9 Å². The lowest BCUT2D eigenvalue weighted by Crippen LogP contribution is -2.29. The molecule has 0 bridgehead atoms. The van der Waals surface area contributed by atoms with E-state index in [1.54, 1.807) is 0 Å². The molecule has 0 fully saturated rings. The van der Waals surface area contributed by atoms with Gasteiger partial charge in [-0.1, -0.05) is 49.4 Å². The van der Waals surface area contributed by atoms with Crippen molar-refractivity contribution in [1.82, 2.24) is 10.3 Å². The van der Waals surface area contributed by atoms with Crippen LogP contribution in [0.25, 0.3) is 10.6 Å². The summed E-state index contributed by atoms with van der Waals surface area (Å²) >= 11 is 1.36. The van der Waals surface area contributed by atoms with E-state index in [4.69, 9.17) is 9.47 Å². The van der Waals surface area contributed by atoms with E-state index in [1.807, 2.05) is 76.2 Å². The third-order valence-electron chi connectivity index (χ3n) is 5.18. The predicted octanol–water partition coefficient (Wildman–Crippen LogP) is 5.26. The topological polar surface area (TPSA) is 97.8 Å². The van der Waals surface area contributed by atoms with Gasteiger partial charge in [-0.05, 0) is 38.8 Å². The van der Waals surface area contributed by atoms with E-state index in [0.717, 1.165) is 28.1 Å². The molecule has 1 atom stereocenters. The second-order valence-corrected chi connectivity index (χ2v) is 9.49. The molecule has 0 aliphatic heterocycles. The summed E-state index contributed by atoms with van der Waals surface area (Å²) in [5.74, 6) is -0.547. The summed E-state index contributed by atoms with van der Waals surface area (Å²) in [7, 11) is 0. The molecular weight excluding hydrogens is 464 g/mol. The largest absolute Gasteiger partial charge is 0.493 e. The van der Waals surface area contributed by atoms with Gasteiger partial charge in [-0.15, -0.1) is 11.3 Å². The highest BCUT2D eigenvalue weighted by Gasteiger charge is 2.21. The highest BCUT2D eigenvalue weighted by molar-refractivity contribution is 7.17. The van der Waals surface area contributed by atoms with E-state index >= 15 is 0 Å². The van der Waals surface area contributed by atoms with E-state index in [1.165, 1.54) is 11.3 Å². The van der Waals surface area contributed by atoms with Crippen LogP contribution < -0.4 is 10.1 Å². The SMILES string of the molecule is CCCOc1ccc(CC(OC(C)C)C(=O)O)cc1CNC(=O)c1sc(-c2ccccc2)nc1C. The van der Waals surface area contributed by atoms with Gasteiger partial charge in [-0.3, -0.25) is 4.79 Å². The van der Waals surface area contributed by atoms with Gasteiger partial charge < -0.3 is 19.9 Å². The monoisotopic (exact) mass is 496 g/mol. The Bertz CT molecular complexity index is 1140. The van der Waals surface area contributed by atoms with Crippen molar-refractivity contribution in [2.24, 2.45) is 0 Å². The number of aliphatic carboxylic acids is 1. The number of carbonyl (C=O) groups is 2. The quantitative estimate of drug-likeness (QED) is 0.355. The van der Waals surface area contributed by atoms with E-state index in [-0.39, 0.29) is 25.0 Å². The number of rotatable bonds is 12. The lowest BCUT2D eigenvalue weighted by molar-refractivity contribution is -0.153. The molecule has 186 valence electrons. The van der Waals surface area contributed by atoms with Crippen LogP contribution in [-0.2, 0) is 22.5 Å². The fourth-order valence-corrected chi connectivity index (χ4v) is 4.54. The molecule has 7 nitrogen and oxygen atoms in total. The number of hydrogen-bond donors (Lipinski definition) is 2. The van der Waals surface area contributed by atoms with Gasteiger partial charge in [-0.2, -0.15) is 0 Å². The van der Waals surface area contributed by atoms with Crippen molar-refractivity contribution in [1.29, 1.82) is 0 Å². The number of carbonyl (C=O) groups excluding carboxylic acids is 1. The minimum absolute atomic E-state index is 0.203. The van der Waals surface area contributed by atoms with Gasteiger partial charge in [0.25, 0.3) is 5.91 Å². The summed E-state index contributed by atoms with van der Waals surface area (Å²) in [5.41, 5.74) is 3.23. The molecule has 2 aromatic carbocycles. The highest BCUT2D eigenvalue weighted by Crippen LogP contribution is 2.28. The first-order valence-electron chi connectivity index (χ1n) is 11.7. The first-order valence-corrected chi connectivity index (χ1v) is 12.5. The van der Waals surface area contributed by atoms with Crippen LogP contribution >= 0.6 is 11.3 Å². The molecule has 0 aliphatic rings. The number of aromatic nitrogens is 1. The summed E-state index contributed by atoms with van der Waals surface area (Å²) in [6.45, 7) is 8.25. The van der Waals surface area contributed by atoms with Crippen LogP contribution in [0.1, 0.15) is 53.7 Å². The van der Waals surface area contributed by atoms with Gasteiger partial charge in [0.1, 0.15) is 15.6 Å². The van der Waals surface area contributed by atoms with Crippen LogP contribution in [0.15, 0.2) is 48.5 Å². The lowest BCUT2D eigenvalue weighted by atomic mass is 10.0. The van der Waals surface area contributed by atoms with Crippen molar-refractivity contribution >= 4 is 23.2 Å².